The lowest BCUT2D eigenvalue weighted by Crippen LogP contribution is -2.46. The molecule has 1 aromatic heterocycles. The molecule has 0 spiro atoms. The van der Waals surface area contributed by atoms with Gasteiger partial charge in [-0.05, 0) is 153 Å². The molecule has 2 fully saturated rings. The number of carbonyl (C=O) groups is 1. The van der Waals surface area contributed by atoms with Gasteiger partial charge in [-0.2, -0.15) is 0 Å². The second kappa shape index (κ2) is 20.5. The van der Waals surface area contributed by atoms with Gasteiger partial charge in [-0.15, -0.1) is 0 Å². The molecule has 1 N–H and O–H groups in total. The number of carbonyl (C=O) groups excluding carboxylic acids is 1. The minimum absolute atomic E-state index is 0.185. The van der Waals surface area contributed by atoms with Crippen molar-refractivity contribution in [2.24, 2.45) is 15.9 Å². The summed E-state index contributed by atoms with van der Waals surface area (Å²) in [6, 6.07) is 11.2. The Bertz CT molecular complexity index is 1840. The topological polar surface area (TPSA) is 95.0 Å². The molecule has 3 heterocycles. The zero-order valence-electron chi connectivity index (χ0n) is 35.2. The molecule has 5 rings (SSSR count). The Balaban J connectivity index is 1.17. The van der Waals surface area contributed by atoms with E-state index in [1.165, 1.54) is 11.1 Å². The SMILES string of the molecule is CCC(C)c1cc(F)ccc1C(=NC)C1CCN(CC/C(C)=C(\C)N=C2C(OC(C)OC(C)Oc3cccc4[nH]cc(CCN(C)C)c34)CCCN2C=O)CC1. The summed E-state index contributed by atoms with van der Waals surface area (Å²) in [6.45, 7) is 16.6. The Morgan fingerprint density at radius 2 is 1.84 bits per heavy atom. The average molecular weight is 773 g/mol. The molecule has 4 unspecified atom stereocenters. The first-order valence-corrected chi connectivity index (χ1v) is 20.6. The summed E-state index contributed by atoms with van der Waals surface area (Å²) >= 11 is 0. The van der Waals surface area contributed by atoms with E-state index in [0.29, 0.717) is 18.3 Å². The number of piperidine rings is 2. The van der Waals surface area contributed by atoms with Crippen LogP contribution in [0, 0.1) is 11.7 Å². The van der Waals surface area contributed by atoms with Crippen molar-refractivity contribution in [2.75, 3.05) is 53.9 Å². The molecule has 0 aliphatic carbocycles. The standard InChI is InChI=1S/C45H65FN6O4/c1-10-30(2)39-27-37(46)16-17-38(39)44(47-7)35-20-25-51(26-21-35)24-18-31(3)32(4)49-45-42(15-12-22-52(45)29-53)56-34(6)54-33(5)55-41-14-11-13-40-43(41)36(28-48-40)19-23-50(8)9/h11,13-14,16-17,27-30,33-35,42,48H,10,12,15,18-26H2,1-9H3/b32-31+,47-44?,49-45?. The lowest BCUT2D eigenvalue weighted by molar-refractivity contribution is -0.214. The quantitative estimate of drug-likeness (QED) is 0.0792. The number of aromatic nitrogens is 1. The van der Waals surface area contributed by atoms with E-state index in [2.05, 4.69) is 61.9 Å². The first kappa shape index (κ1) is 43.2. The van der Waals surface area contributed by atoms with Crippen LogP contribution in [0.15, 0.2) is 63.8 Å². The molecule has 2 aliphatic rings. The summed E-state index contributed by atoms with van der Waals surface area (Å²) in [5, 5.41) is 1.07. The van der Waals surface area contributed by atoms with Gasteiger partial charge in [0.05, 0.1) is 0 Å². The Labute approximate surface area is 334 Å². The van der Waals surface area contributed by atoms with E-state index in [1.54, 1.807) is 17.0 Å². The second-order valence-corrected chi connectivity index (χ2v) is 15.9. The van der Waals surface area contributed by atoms with Crippen LogP contribution in [-0.4, -0.2) is 110 Å². The van der Waals surface area contributed by atoms with Crippen LogP contribution in [0.3, 0.4) is 0 Å². The number of hydrogen-bond acceptors (Lipinski definition) is 8. The molecule has 0 bridgehead atoms. The highest BCUT2D eigenvalue weighted by Crippen LogP contribution is 2.32. The number of likely N-dealkylation sites (N-methyl/N-ethyl adjacent to an activating group) is 1. The predicted octanol–water partition coefficient (Wildman–Crippen LogP) is 8.56. The van der Waals surface area contributed by atoms with Crippen molar-refractivity contribution in [3.63, 3.8) is 0 Å². The number of halogens is 1. The number of fused-ring (bicyclic) bond motifs is 1. The third-order valence-corrected chi connectivity index (χ3v) is 11.5. The van der Waals surface area contributed by atoms with Crippen LogP contribution in [0.4, 0.5) is 4.39 Å². The van der Waals surface area contributed by atoms with E-state index in [1.807, 2.05) is 46.0 Å². The maximum Gasteiger partial charge on any atom is 0.215 e. The molecule has 10 nitrogen and oxygen atoms in total. The summed E-state index contributed by atoms with van der Waals surface area (Å²) in [5.74, 6) is 1.84. The number of rotatable bonds is 18. The summed E-state index contributed by atoms with van der Waals surface area (Å²) in [6.07, 6.45) is 7.69. The van der Waals surface area contributed by atoms with E-state index in [9.17, 15) is 9.18 Å². The first-order chi connectivity index (χ1) is 26.9. The molecule has 1 amide bonds. The zero-order valence-corrected chi connectivity index (χ0v) is 35.2. The van der Waals surface area contributed by atoms with Crippen LogP contribution < -0.4 is 4.74 Å². The predicted molar refractivity (Wildman–Crippen MR) is 225 cm³/mol. The van der Waals surface area contributed by atoms with Crippen LogP contribution in [0.2, 0.25) is 0 Å². The van der Waals surface area contributed by atoms with Crippen molar-refractivity contribution in [1.29, 1.82) is 0 Å². The number of likely N-dealkylation sites (tertiary alicyclic amines) is 2. The number of hydrogen-bond donors (Lipinski definition) is 1. The molecular formula is C45H65FN6O4. The van der Waals surface area contributed by atoms with Crippen molar-refractivity contribution >= 4 is 28.9 Å². The molecular weight excluding hydrogens is 708 g/mol. The maximum atomic E-state index is 14.2. The number of nitrogens with zero attached hydrogens (tertiary/aromatic N) is 5. The molecule has 0 saturated carbocycles. The van der Waals surface area contributed by atoms with Gasteiger partial charge in [0.15, 0.2) is 12.6 Å². The number of amides is 1. The molecule has 2 aliphatic heterocycles. The van der Waals surface area contributed by atoms with E-state index in [4.69, 9.17) is 24.2 Å². The summed E-state index contributed by atoms with van der Waals surface area (Å²) in [5.41, 5.74) is 7.59. The van der Waals surface area contributed by atoms with Gasteiger partial charge >= 0.3 is 0 Å². The minimum Gasteiger partial charge on any atom is -0.464 e. The fraction of sp³-hybridized carbons (Fsp3) is 0.578. The van der Waals surface area contributed by atoms with E-state index in [-0.39, 0.29) is 17.8 Å². The third-order valence-electron chi connectivity index (χ3n) is 11.5. The van der Waals surface area contributed by atoms with Crippen molar-refractivity contribution < 1.29 is 23.4 Å². The highest BCUT2D eigenvalue weighted by molar-refractivity contribution is 6.03. The molecule has 11 heteroatoms. The smallest absolute Gasteiger partial charge is 0.215 e. The largest absolute Gasteiger partial charge is 0.464 e. The van der Waals surface area contributed by atoms with Gasteiger partial charge < -0.3 is 33.9 Å². The number of H-pyrrole nitrogens is 1. The second-order valence-electron chi connectivity index (χ2n) is 15.9. The van der Waals surface area contributed by atoms with Gasteiger partial charge in [-0.25, -0.2) is 9.38 Å². The number of nitrogens with one attached hydrogen (secondary N) is 1. The fourth-order valence-corrected chi connectivity index (χ4v) is 7.97. The zero-order chi connectivity index (χ0) is 40.4. The summed E-state index contributed by atoms with van der Waals surface area (Å²) in [4.78, 5) is 31.7. The van der Waals surface area contributed by atoms with Gasteiger partial charge in [0.2, 0.25) is 6.41 Å². The van der Waals surface area contributed by atoms with Crippen molar-refractivity contribution in [3.05, 3.63) is 76.4 Å². The van der Waals surface area contributed by atoms with Gasteiger partial charge in [0, 0.05) is 61.1 Å². The van der Waals surface area contributed by atoms with E-state index >= 15 is 0 Å². The van der Waals surface area contributed by atoms with Gasteiger partial charge in [0.1, 0.15) is 23.5 Å². The van der Waals surface area contributed by atoms with Crippen molar-refractivity contribution in [1.82, 2.24) is 19.7 Å². The van der Waals surface area contributed by atoms with Crippen LogP contribution in [0.1, 0.15) is 103 Å². The minimum atomic E-state index is -0.596. The van der Waals surface area contributed by atoms with E-state index in [0.717, 1.165) is 117 Å². The summed E-state index contributed by atoms with van der Waals surface area (Å²) in [7, 11) is 6.02. The monoisotopic (exact) mass is 773 g/mol. The average Bonchev–Trinajstić information content (AvgIpc) is 3.61. The molecule has 2 aromatic carbocycles. The first-order valence-electron chi connectivity index (χ1n) is 20.6. The third kappa shape index (κ3) is 11.1. The number of aromatic amines is 1. The summed E-state index contributed by atoms with van der Waals surface area (Å²) < 4.78 is 33.2. The molecule has 2 saturated heterocycles. The van der Waals surface area contributed by atoms with Crippen molar-refractivity contribution in [2.45, 2.75) is 111 Å². The normalized spacial score (nSPS) is 20.4. The molecule has 4 atom stereocenters. The van der Waals surface area contributed by atoms with Crippen molar-refractivity contribution in [3.8, 4) is 5.75 Å². The van der Waals surface area contributed by atoms with Crippen LogP contribution in [0.25, 0.3) is 10.9 Å². The lowest BCUT2D eigenvalue weighted by atomic mass is 9.83. The van der Waals surface area contributed by atoms with Crippen LogP contribution in [0.5, 0.6) is 5.75 Å². The van der Waals surface area contributed by atoms with Gasteiger partial charge in [-0.3, -0.25) is 9.79 Å². The number of benzene rings is 2. The molecule has 56 heavy (non-hydrogen) atoms. The Morgan fingerprint density at radius 3 is 2.54 bits per heavy atom. The van der Waals surface area contributed by atoms with Crippen LogP contribution in [-0.2, 0) is 20.7 Å². The number of amidine groups is 1. The Hall–Kier alpha value is -3.90. The fourth-order valence-electron chi connectivity index (χ4n) is 7.97. The molecule has 306 valence electrons. The Morgan fingerprint density at radius 1 is 1.07 bits per heavy atom. The van der Waals surface area contributed by atoms with Gasteiger partial charge in [0.25, 0.3) is 0 Å². The molecule has 3 aromatic rings. The van der Waals surface area contributed by atoms with Gasteiger partial charge in [-0.1, -0.05) is 25.5 Å². The highest BCUT2D eigenvalue weighted by Gasteiger charge is 2.31. The number of aliphatic imine (C=N–C) groups is 2. The lowest BCUT2D eigenvalue weighted by Gasteiger charge is -2.34. The molecule has 0 radical (unpaired) electrons. The van der Waals surface area contributed by atoms with Crippen LogP contribution >= 0.6 is 0 Å². The van der Waals surface area contributed by atoms with E-state index < -0.39 is 12.6 Å². The Kier molecular flexibility index (Phi) is 15.8. The highest BCUT2D eigenvalue weighted by atomic mass is 19.1. The maximum absolute atomic E-state index is 14.2. The number of allylic oxidation sites excluding steroid dienone is 1. The number of ether oxygens (including phenoxy) is 3.